The van der Waals surface area contributed by atoms with Gasteiger partial charge in [0.2, 0.25) is 0 Å². The number of hydrogen-bond donors (Lipinski definition) is 3. The molecule has 0 radical (unpaired) electrons. The first-order valence-electron chi connectivity index (χ1n) is 5.70. The van der Waals surface area contributed by atoms with Gasteiger partial charge in [0.05, 0.1) is 11.3 Å². The van der Waals surface area contributed by atoms with E-state index in [9.17, 15) is 4.79 Å². The maximum atomic E-state index is 12.1. The average molecular weight is 320 g/mol. The highest BCUT2D eigenvalue weighted by Crippen LogP contribution is 2.25. The van der Waals surface area contributed by atoms with Crippen molar-refractivity contribution >= 4 is 38.9 Å². The average Bonchev–Trinajstić information content (AvgIpc) is 2.32. The van der Waals surface area contributed by atoms with E-state index < -0.39 is 0 Å². The Labute approximate surface area is 119 Å². The molecule has 2 aromatic rings. The number of amides is 1. The molecule has 5 N–H and O–H groups in total. The van der Waals surface area contributed by atoms with E-state index >= 15 is 0 Å². The van der Waals surface area contributed by atoms with Gasteiger partial charge in [0.15, 0.2) is 0 Å². The number of aryl methyl sites for hydroxylation is 1. The van der Waals surface area contributed by atoms with E-state index in [4.69, 9.17) is 11.5 Å². The molecular weight excluding hydrogens is 306 g/mol. The molecule has 2 aromatic carbocycles. The third-order valence-electron chi connectivity index (χ3n) is 2.69. The minimum atomic E-state index is -0.262. The van der Waals surface area contributed by atoms with Gasteiger partial charge < -0.3 is 16.8 Å². The number of benzene rings is 2. The van der Waals surface area contributed by atoms with Crippen LogP contribution in [0.3, 0.4) is 0 Å². The number of carbonyl (C=O) groups is 1. The molecule has 0 unspecified atom stereocenters. The molecule has 4 nitrogen and oxygen atoms in total. The van der Waals surface area contributed by atoms with Crippen LogP contribution in [0.5, 0.6) is 0 Å². The summed E-state index contributed by atoms with van der Waals surface area (Å²) in [5.41, 5.74) is 14.5. The number of anilines is 3. The summed E-state index contributed by atoms with van der Waals surface area (Å²) in [6.07, 6.45) is 0. The summed E-state index contributed by atoms with van der Waals surface area (Å²) in [7, 11) is 0. The van der Waals surface area contributed by atoms with Crippen molar-refractivity contribution in [2.75, 3.05) is 16.8 Å². The van der Waals surface area contributed by atoms with Crippen molar-refractivity contribution in [3.63, 3.8) is 0 Å². The normalized spacial score (nSPS) is 10.2. The van der Waals surface area contributed by atoms with Crippen molar-refractivity contribution < 1.29 is 4.79 Å². The van der Waals surface area contributed by atoms with Crippen molar-refractivity contribution in [1.29, 1.82) is 0 Å². The maximum Gasteiger partial charge on any atom is 0.257 e. The summed E-state index contributed by atoms with van der Waals surface area (Å²) in [4.78, 5) is 12.1. The lowest BCUT2D eigenvalue weighted by molar-refractivity contribution is 0.102. The second kappa shape index (κ2) is 5.32. The zero-order valence-electron chi connectivity index (χ0n) is 10.4. The van der Waals surface area contributed by atoms with Crippen molar-refractivity contribution in [2.45, 2.75) is 6.92 Å². The van der Waals surface area contributed by atoms with Crippen LogP contribution in [-0.4, -0.2) is 5.91 Å². The smallest absolute Gasteiger partial charge is 0.257 e. The Hall–Kier alpha value is -2.01. The molecule has 5 heteroatoms. The fraction of sp³-hybridized carbons (Fsp3) is 0.0714. The van der Waals surface area contributed by atoms with E-state index in [0.29, 0.717) is 22.6 Å². The molecule has 0 bridgehead atoms. The van der Waals surface area contributed by atoms with Crippen LogP contribution in [0.2, 0.25) is 0 Å². The zero-order chi connectivity index (χ0) is 14.0. The highest BCUT2D eigenvalue weighted by molar-refractivity contribution is 9.10. The van der Waals surface area contributed by atoms with E-state index in [0.717, 1.165) is 10.0 Å². The Morgan fingerprint density at radius 3 is 2.53 bits per heavy atom. The van der Waals surface area contributed by atoms with Gasteiger partial charge >= 0.3 is 0 Å². The van der Waals surface area contributed by atoms with Crippen LogP contribution in [0, 0.1) is 6.92 Å². The second-order valence-corrected chi connectivity index (χ2v) is 5.14. The molecule has 98 valence electrons. The van der Waals surface area contributed by atoms with Gasteiger partial charge in [-0.15, -0.1) is 0 Å². The summed E-state index contributed by atoms with van der Waals surface area (Å²) in [6, 6.07) is 10.5. The fourth-order valence-electron chi connectivity index (χ4n) is 1.70. The van der Waals surface area contributed by atoms with Crippen molar-refractivity contribution in [3.05, 3.63) is 52.0 Å². The monoisotopic (exact) mass is 319 g/mol. The molecule has 0 saturated heterocycles. The molecule has 0 spiro atoms. The van der Waals surface area contributed by atoms with Gasteiger partial charge in [0, 0.05) is 15.8 Å². The third-order valence-corrected chi connectivity index (χ3v) is 3.35. The number of hydrogen-bond acceptors (Lipinski definition) is 3. The summed E-state index contributed by atoms with van der Waals surface area (Å²) in [5, 5.41) is 2.81. The number of carbonyl (C=O) groups excluding carboxylic acids is 1. The highest BCUT2D eigenvalue weighted by atomic mass is 79.9. The maximum absolute atomic E-state index is 12.1. The van der Waals surface area contributed by atoms with Crippen LogP contribution in [0.4, 0.5) is 17.1 Å². The van der Waals surface area contributed by atoms with E-state index in [1.807, 2.05) is 25.1 Å². The number of rotatable bonds is 2. The van der Waals surface area contributed by atoms with Gasteiger partial charge in [-0.05, 0) is 58.7 Å². The Morgan fingerprint density at radius 2 is 1.89 bits per heavy atom. The minimum Gasteiger partial charge on any atom is -0.399 e. The SMILES string of the molecule is Cc1ccc(NC(=O)c2ccc(N)cc2N)c(Br)c1. The predicted octanol–water partition coefficient (Wildman–Crippen LogP) is 3.17. The van der Waals surface area contributed by atoms with Crippen LogP contribution < -0.4 is 16.8 Å². The lowest BCUT2D eigenvalue weighted by atomic mass is 10.1. The minimum absolute atomic E-state index is 0.262. The van der Waals surface area contributed by atoms with E-state index in [2.05, 4.69) is 21.2 Å². The van der Waals surface area contributed by atoms with E-state index in [-0.39, 0.29) is 5.91 Å². The molecule has 0 atom stereocenters. The first-order valence-corrected chi connectivity index (χ1v) is 6.49. The predicted molar refractivity (Wildman–Crippen MR) is 82.1 cm³/mol. The second-order valence-electron chi connectivity index (χ2n) is 4.28. The molecule has 0 fully saturated rings. The van der Waals surface area contributed by atoms with Crippen LogP contribution >= 0.6 is 15.9 Å². The molecule has 0 aromatic heterocycles. The Kier molecular flexibility index (Phi) is 3.76. The molecule has 1 amide bonds. The first kappa shape index (κ1) is 13.4. The highest BCUT2D eigenvalue weighted by Gasteiger charge is 2.11. The van der Waals surface area contributed by atoms with Crippen molar-refractivity contribution in [2.24, 2.45) is 0 Å². The van der Waals surface area contributed by atoms with Gasteiger partial charge in [0.1, 0.15) is 0 Å². The molecule has 2 rings (SSSR count). The molecule has 0 saturated carbocycles. The molecule has 0 aliphatic rings. The van der Waals surface area contributed by atoms with Gasteiger partial charge in [-0.2, -0.15) is 0 Å². The molecule has 0 aliphatic heterocycles. The number of nitrogen functional groups attached to an aromatic ring is 2. The van der Waals surface area contributed by atoms with Crippen LogP contribution in [0.1, 0.15) is 15.9 Å². The lowest BCUT2D eigenvalue weighted by Crippen LogP contribution is -2.14. The molecule has 19 heavy (non-hydrogen) atoms. The summed E-state index contributed by atoms with van der Waals surface area (Å²) in [6.45, 7) is 1.98. The number of halogens is 1. The van der Waals surface area contributed by atoms with Crippen LogP contribution in [0.15, 0.2) is 40.9 Å². The first-order chi connectivity index (χ1) is 8.97. The summed E-state index contributed by atoms with van der Waals surface area (Å²) >= 11 is 3.41. The lowest BCUT2D eigenvalue weighted by Gasteiger charge is -2.10. The summed E-state index contributed by atoms with van der Waals surface area (Å²) < 4.78 is 0.829. The largest absolute Gasteiger partial charge is 0.399 e. The topological polar surface area (TPSA) is 81.1 Å². The molecular formula is C14H14BrN3O. The van der Waals surface area contributed by atoms with E-state index in [1.165, 1.54) is 0 Å². The standard InChI is InChI=1S/C14H14BrN3O/c1-8-2-5-13(11(15)6-8)18-14(19)10-4-3-9(16)7-12(10)17/h2-7H,16-17H2,1H3,(H,18,19). The molecule has 0 aliphatic carbocycles. The van der Waals surface area contributed by atoms with Gasteiger partial charge in [-0.3, -0.25) is 4.79 Å². The van der Waals surface area contributed by atoms with Crippen molar-refractivity contribution in [3.8, 4) is 0 Å². The van der Waals surface area contributed by atoms with Gasteiger partial charge in [-0.25, -0.2) is 0 Å². The fourth-order valence-corrected chi connectivity index (χ4v) is 2.29. The van der Waals surface area contributed by atoms with Crippen LogP contribution in [0.25, 0.3) is 0 Å². The van der Waals surface area contributed by atoms with Crippen LogP contribution in [-0.2, 0) is 0 Å². The number of nitrogens with two attached hydrogens (primary N) is 2. The Morgan fingerprint density at radius 1 is 1.16 bits per heavy atom. The summed E-state index contributed by atoms with van der Waals surface area (Å²) in [5.74, 6) is -0.262. The van der Waals surface area contributed by atoms with Gasteiger partial charge in [-0.1, -0.05) is 6.07 Å². The van der Waals surface area contributed by atoms with Crippen molar-refractivity contribution in [1.82, 2.24) is 0 Å². The quantitative estimate of drug-likeness (QED) is 0.743. The Bertz CT molecular complexity index is 641. The zero-order valence-corrected chi connectivity index (χ0v) is 12.0. The van der Waals surface area contributed by atoms with E-state index in [1.54, 1.807) is 18.2 Å². The number of nitrogens with one attached hydrogen (secondary N) is 1. The Balaban J connectivity index is 2.25. The molecule has 0 heterocycles. The third kappa shape index (κ3) is 3.06. The van der Waals surface area contributed by atoms with Gasteiger partial charge in [0.25, 0.3) is 5.91 Å².